The second kappa shape index (κ2) is 8.28. The van der Waals surface area contributed by atoms with Crippen LogP contribution in [0.3, 0.4) is 0 Å². The fourth-order valence-electron chi connectivity index (χ4n) is 2.76. The number of rotatable bonds is 7. The topological polar surface area (TPSA) is 87.8 Å². The summed E-state index contributed by atoms with van der Waals surface area (Å²) in [6.07, 6.45) is 0. The highest BCUT2D eigenvalue weighted by atomic mass is 32.1. The molecule has 2 aromatic carbocycles. The van der Waals surface area contributed by atoms with Gasteiger partial charge in [-0.1, -0.05) is 6.07 Å². The summed E-state index contributed by atoms with van der Waals surface area (Å²) >= 11 is 5.20. The number of quaternary nitrogens is 1. The molecule has 0 saturated heterocycles. The first kappa shape index (κ1) is 19.6. The van der Waals surface area contributed by atoms with Gasteiger partial charge in [0, 0.05) is 23.3 Å². The van der Waals surface area contributed by atoms with Crippen LogP contribution < -0.4 is 9.64 Å². The zero-order valence-corrected chi connectivity index (χ0v) is 16.0. The molecule has 1 N–H and O–H groups in total. The standard InChI is InChI=1S/C18H17FN4O4S/c1-21(10-12-6-7-16(26-2)15(19)8-12)11-22-18(28)27-17(20-22)13-4-3-5-14(9-13)23(24)25/h3-9H,10-11H2,1-2H3/p+1. The molecule has 1 aromatic heterocycles. The van der Waals surface area contributed by atoms with Crippen molar-refractivity contribution in [3.05, 3.63) is 68.8 Å². The molecule has 28 heavy (non-hydrogen) atoms. The molecular weight excluding hydrogens is 387 g/mol. The van der Waals surface area contributed by atoms with Gasteiger partial charge < -0.3 is 14.1 Å². The van der Waals surface area contributed by atoms with Crippen LogP contribution in [0.4, 0.5) is 10.1 Å². The Morgan fingerprint density at radius 3 is 2.82 bits per heavy atom. The van der Waals surface area contributed by atoms with Gasteiger partial charge in [-0.3, -0.25) is 10.1 Å². The minimum absolute atomic E-state index is 0.0579. The van der Waals surface area contributed by atoms with Crippen LogP contribution in [0.2, 0.25) is 0 Å². The highest BCUT2D eigenvalue weighted by Gasteiger charge is 2.15. The van der Waals surface area contributed by atoms with Crippen LogP contribution in [0.15, 0.2) is 46.9 Å². The predicted molar refractivity (Wildman–Crippen MR) is 101 cm³/mol. The van der Waals surface area contributed by atoms with Gasteiger partial charge in [-0.25, -0.2) is 4.39 Å². The van der Waals surface area contributed by atoms with Crippen LogP contribution in [0, 0.1) is 20.8 Å². The summed E-state index contributed by atoms with van der Waals surface area (Å²) in [6.45, 7) is 0.909. The van der Waals surface area contributed by atoms with Gasteiger partial charge in [-0.2, -0.15) is 4.68 Å². The number of non-ortho nitro benzene ring substituents is 1. The second-order valence-electron chi connectivity index (χ2n) is 6.24. The molecule has 10 heteroatoms. The Bertz CT molecular complexity index is 1070. The molecule has 3 rings (SSSR count). The number of nitrogens with one attached hydrogen (secondary N) is 1. The molecule has 0 bridgehead atoms. The number of ether oxygens (including phenoxy) is 1. The van der Waals surface area contributed by atoms with Crippen LogP contribution in [0.1, 0.15) is 5.56 Å². The van der Waals surface area contributed by atoms with Crippen LogP contribution in [0.5, 0.6) is 5.75 Å². The zero-order chi connectivity index (χ0) is 20.3. The van der Waals surface area contributed by atoms with Crippen molar-refractivity contribution in [3.63, 3.8) is 0 Å². The van der Waals surface area contributed by atoms with Crippen LogP contribution >= 0.6 is 12.2 Å². The van der Waals surface area contributed by atoms with Crippen molar-refractivity contribution in [1.29, 1.82) is 0 Å². The molecule has 0 spiro atoms. The molecule has 0 amide bonds. The van der Waals surface area contributed by atoms with E-state index in [1.165, 1.54) is 30.0 Å². The lowest BCUT2D eigenvalue weighted by atomic mass is 10.2. The molecule has 8 nitrogen and oxygen atoms in total. The lowest BCUT2D eigenvalue weighted by molar-refractivity contribution is -0.917. The van der Waals surface area contributed by atoms with Crippen molar-refractivity contribution < 1.29 is 23.4 Å². The largest absolute Gasteiger partial charge is 0.494 e. The van der Waals surface area contributed by atoms with E-state index in [9.17, 15) is 14.5 Å². The van der Waals surface area contributed by atoms with Crippen molar-refractivity contribution in [2.24, 2.45) is 0 Å². The molecule has 0 aliphatic carbocycles. The molecule has 0 aliphatic heterocycles. The molecule has 0 saturated carbocycles. The van der Waals surface area contributed by atoms with E-state index in [0.29, 0.717) is 18.8 Å². The first-order chi connectivity index (χ1) is 13.4. The Morgan fingerprint density at radius 2 is 2.14 bits per heavy atom. The molecule has 1 unspecified atom stereocenters. The molecule has 1 heterocycles. The van der Waals surface area contributed by atoms with Crippen molar-refractivity contribution in [2.45, 2.75) is 13.2 Å². The number of hydrogen-bond donors (Lipinski definition) is 1. The first-order valence-corrected chi connectivity index (χ1v) is 8.74. The number of nitro groups is 1. The van der Waals surface area contributed by atoms with E-state index in [4.69, 9.17) is 21.4 Å². The van der Waals surface area contributed by atoms with Gasteiger partial charge in [-0.15, -0.1) is 5.10 Å². The lowest BCUT2D eigenvalue weighted by Gasteiger charge is -2.13. The summed E-state index contributed by atoms with van der Waals surface area (Å²) in [7, 11) is 3.33. The Morgan fingerprint density at radius 1 is 1.36 bits per heavy atom. The van der Waals surface area contributed by atoms with Crippen LogP contribution in [0.25, 0.3) is 11.5 Å². The van der Waals surface area contributed by atoms with Gasteiger partial charge >= 0.3 is 0 Å². The fourth-order valence-corrected chi connectivity index (χ4v) is 2.94. The molecule has 0 fully saturated rings. The molecular formula is C18H18FN4O4S+. The quantitative estimate of drug-likeness (QED) is 0.369. The summed E-state index contributed by atoms with van der Waals surface area (Å²) < 4.78 is 25.7. The summed E-state index contributed by atoms with van der Waals surface area (Å²) in [5, 5.41) is 15.2. The molecule has 3 aromatic rings. The molecule has 146 valence electrons. The monoisotopic (exact) mass is 405 g/mol. The average molecular weight is 405 g/mol. The third kappa shape index (κ3) is 4.41. The van der Waals surface area contributed by atoms with E-state index in [1.54, 1.807) is 24.3 Å². The zero-order valence-electron chi connectivity index (χ0n) is 15.2. The van der Waals surface area contributed by atoms with Gasteiger partial charge in [0.25, 0.3) is 10.5 Å². The van der Waals surface area contributed by atoms with Gasteiger partial charge in [-0.05, 0) is 36.5 Å². The minimum Gasteiger partial charge on any atom is -0.494 e. The van der Waals surface area contributed by atoms with E-state index in [2.05, 4.69) is 5.10 Å². The van der Waals surface area contributed by atoms with Crippen molar-refractivity contribution >= 4 is 17.9 Å². The van der Waals surface area contributed by atoms with E-state index in [1.807, 2.05) is 7.05 Å². The third-order valence-electron chi connectivity index (χ3n) is 4.05. The van der Waals surface area contributed by atoms with Crippen molar-refractivity contribution in [3.8, 4) is 17.2 Å². The first-order valence-electron chi connectivity index (χ1n) is 8.34. The molecule has 0 radical (unpaired) electrons. The maximum Gasteiger partial charge on any atom is 0.292 e. The van der Waals surface area contributed by atoms with E-state index in [0.717, 1.165) is 10.5 Å². The van der Waals surface area contributed by atoms with Crippen LogP contribution in [-0.4, -0.2) is 28.9 Å². The van der Waals surface area contributed by atoms with Gasteiger partial charge in [0.15, 0.2) is 18.2 Å². The highest BCUT2D eigenvalue weighted by Crippen LogP contribution is 2.22. The van der Waals surface area contributed by atoms with Crippen molar-refractivity contribution in [1.82, 2.24) is 9.78 Å². The maximum atomic E-state index is 13.8. The van der Waals surface area contributed by atoms with Crippen LogP contribution in [-0.2, 0) is 13.2 Å². The number of nitrogens with zero attached hydrogens (tertiary/aromatic N) is 3. The Balaban J connectivity index is 1.74. The summed E-state index contributed by atoms with van der Waals surface area (Å²) in [6, 6.07) is 10.8. The minimum atomic E-state index is -0.485. The smallest absolute Gasteiger partial charge is 0.292 e. The number of benzene rings is 2. The third-order valence-corrected chi connectivity index (χ3v) is 4.35. The number of hydrogen-bond acceptors (Lipinski definition) is 6. The SMILES string of the molecule is COc1ccc(C[NH+](C)Cn2nc(-c3cccc([N+](=O)[O-])c3)oc2=S)cc1F. The van der Waals surface area contributed by atoms with Gasteiger partial charge in [0.1, 0.15) is 6.54 Å². The summed E-state index contributed by atoms with van der Waals surface area (Å²) in [5.74, 6) is -0.0162. The molecule has 0 aliphatic rings. The second-order valence-corrected chi connectivity index (χ2v) is 6.59. The summed E-state index contributed by atoms with van der Waals surface area (Å²) in [5.41, 5.74) is 1.20. The Kier molecular flexibility index (Phi) is 5.81. The number of nitro benzene ring substituents is 1. The summed E-state index contributed by atoms with van der Waals surface area (Å²) in [4.78, 5) is 11.6. The van der Waals surface area contributed by atoms with Crippen molar-refractivity contribution in [2.75, 3.05) is 14.2 Å². The predicted octanol–water partition coefficient (Wildman–Crippen LogP) is 2.60. The number of methoxy groups -OCH3 is 1. The fraction of sp³-hybridized carbons (Fsp3) is 0.222. The molecule has 1 atom stereocenters. The number of halogens is 1. The van der Waals surface area contributed by atoms with E-state index < -0.39 is 10.7 Å². The lowest BCUT2D eigenvalue weighted by Crippen LogP contribution is -3.07. The highest BCUT2D eigenvalue weighted by molar-refractivity contribution is 7.71. The Hall–Kier alpha value is -3.11. The van der Waals surface area contributed by atoms with Gasteiger partial charge in [0.05, 0.1) is 19.1 Å². The van der Waals surface area contributed by atoms with E-state index >= 15 is 0 Å². The maximum absolute atomic E-state index is 13.8. The number of aromatic nitrogens is 2. The van der Waals surface area contributed by atoms with Gasteiger partial charge in [0.2, 0.25) is 5.89 Å². The average Bonchev–Trinajstić information content (AvgIpc) is 3.02. The normalized spacial score (nSPS) is 12.0. The van der Waals surface area contributed by atoms with E-state index in [-0.39, 0.29) is 22.2 Å². The Labute approximate surface area is 164 Å².